The van der Waals surface area contributed by atoms with Crippen LogP contribution < -0.4 is 11.1 Å². The van der Waals surface area contributed by atoms with E-state index in [1.54, 1.807) is 12.0 Å². The molecular weight excluding hydrogens is 294 g/mol. The van der Waals surface area contributed by atoms with Gasteiger partial charge >= 0.3 is 0 Å². The molecule has 1 heterocycles. The van der Waals surface area contributed by atoms with E-state index in [1.165, 1.54) is 0 Å². The van der Waals surface area contributed by atoms with Crippen LogP contribution in [0.2, 0.25) is 0 Å². The summed E-state index contributed by atoms with van der Waals surface area (Å²) in [6, 6.07) is 0.190. The number of hydrogen-bond acceptors (Lipinski definition) is 4. The number of nitrogens with two attached hydrogens (primary N) is 1. The molecule has 2 fully saturated rings. The van der Waals surface area contributed by atoms with Gasteiger partial charge in [-0.2, -0.15) is 0 Å². The molecule has 1 aliphatic heterocycles. The lowest BCUT2D eigenvalue weighted by Crippen LogP contribution is -2.43. The molecule has 3 unspecified atom stereocenters. The Hall–Kier alpha value is -0.850. The highest BCUT2D eigenvalue weighted by Crippen LogP contribution is 2.26. The highest BCUT2D eigenvalue weighted by Gasteiger charge is 2.36. The van der Waals surface area contributed by atoms with Crippen molar-refractivity contribution in [1.82, 2.24) is 10.2 Å². The Morgan fingerprint density at radius 1 is 1.48 bits per heavy atom. The lowest BCUT2D eigenvalue weighted by molar-refractivity contribution is -0.129. The molecule has 3 atom stereocenters. The fourth-order valence-corrected chi connectivity index (χ4v) is 3.17. The van der Waals surface area contributed by atoms with Gasteiger partial charge in [-0.15, -0.1) is 12.4 Å². The van der Waals surface area contributed by atoms with E-state index in [1.807, 2.05) is 0 Å². The molecule has 7 heteroatoms. The number of amides is 2. The van der Waals surface area contributed by atoms with E-state index in [0.29, 0.717) is 38.6 Å². The summed E-state index contributed by atoms with van der Waals surface area (Å²) < 4.78 is 4.98. The van der Waals surface area contributed by atoms with Crippen molar-refractivity contribution >= 4 is 24.2 Å². The van der Waals surface area contributed by atoms with E-state index in [4.69, 9.17) is 10.5 Å². The average Bonchev–Trinajstić information content (AvgIpc) is 3.03. The van der Waals surface area contributed by atoms with Crippen LogP contribution in [0.1, 0.15) is 25.7 Å². The standard InChI is InChI=1S/C14H25N3O3.ClH/c1-20-6-5-17-9-11(7-13(17)18)14(19)16-12-4-2-3-10(12)8-15;/h10-12H,2-9,15H2,1H3,(H,16,19);1H. The quantitative estimate of drug-likeness (QED) is 0.729. The van der Waals surface area contributed by atoms with Gasteiger partial charge in [0.05, 0.1) is 12.5 Å². The van der Waals surface area contributed by atoms with Crippen LogP contribution in [0.5, 0.6) is 0 Å². The third-order valence-corrected chi connectivity index (χ3v) is 4.44. The molecule has 0 spiro atoms. The number of nitrogens with zero attached hydrogens (tertiary/aromatic N) is 1. The lowest BCUT2D eigenvalue weighted by Gasteiger charge is -2.21. The first-order valence-corrected chi connectivity index (χ1v) is 7.42. The number of ether oxygens (including phenoxy) is 1. The summed E-state index contributed by atoms with van der Waals surface area (Å²) in [7, 11) is 1.61. The SMILES string of the molecule is COCCN1CC(C(=O)NC2CCCC2CN)CC1=O.Cl. The Kier molecular flexibility index (Phi) is 7.42. The number of rotatable bonds is 6. The Bertz CT molecular complexity index is 367. The minimum absolute atomic E-state index is 0. The first-order chi connectivity index (χ1) is 9.65. The molecule has 1 saturated heterocycles. The number of nitrogens with one attached hydrogen (secondary N) is 1. The van der Waals surface area contributed by atoms with Gasteiger partial charge in [0.15, 0.2) is 0 Å². The number of hydrogen-bond donors (Lipinski definition) is 2. The molecule has 6 nitrogen and oxygen atoms in total. The van der Waals surface area contributed by atoms with Crippen LogP contribution in [0.4, 0.5) is 0 Å². The minimum Gasteiger partial charge on any atom is -0.383 e. The summed E-state index contributed by atoms with van der Waals surface area (Å²) >= 11 is 0. The van der Waals surface area contributed by atoms with Gasteiger partial charge in [-0.1, -0.05) is 6.42 Å². The van der Waals surface area contributed by atoms with Gasteiger partial charge in [0.25, 0.3) is 0 Å². The predicted octanol–water partition coefficient (Wildman–Crippen LogP) is 0.147. The van der Waals surface area contributed by atoms with Gasteiger partial charge < -0.3 is 20.7 Å². The second-order valence-electron chi connectivity index (χ2n) is 5.78. The van der Waals surface area contributed by atoms with Crippen molar-refractivity contribution in [2.24, 2.45) is 17.6 Å². The molecule has 2 aliphatic rings. The third kappa shape index (κ3) is 4.56. The molecule has 0 aromatic heterocycles. The molecule has 0 radical (unpaired) electrons. The monoisotopic (exact) mass is 319 g/mol. The molecule has 122 valence electrons. The third-order valence-electron chi connectivity index (χ3n) is 4.44. The smallest absolute Gasteiger partial charge is 0.225 e. The fraction of sp³-hybridized carbons (Fsp3) is 0.857. The summed E-state index contributed by atoms with van der Waals surface area (Å²) in [4.78, 5) is 25.8. The number of carbonyl (C=O) groups excluding carboxylic acids is 2. The molecule has 0 aromatic rings. The van der Waals surface area contributed by atoms with Gasteiger partial charge in [-0.3, -0.25) is 9.59 Å². The Morgan fingerprint density at radius 3 is 2.90 bits per heavy atom. The number of likely N-dealkylation sites (tertiary alicyclic amines) is 1. The maximum atomic E-state index is 12.3. The normalized spacial score (nSPS) is 28.6. The fourth-order valence-electron chi connectivity index (χ4n) is 3.17. The van der Waals surface area contributed by atoms with Crippen LogP contribution in [-0.2, 0) is 14.3 Å². The van der Waals surface area contributed by atoms with Crippen LogP contribution in [0.25, 0.3) is 0 Å². The van der Waals surface area contributed by atoms with Gasteiger partial charge in [0.2, 0.25) is 11.8 Å². The van der Waals surface area contributed by atoms with Crippen molar-refractivity contribution in [2.75, 3.05) is 33.4 Å². The van der Waals surface area contributed by atoms with E-state index in [9.17, 15) is 9.59 Å². The van der Waals surface area contributed by atoms with E-state index in [-0.39, 0.29) is 36.2 Å². The molecule has 21 heavy (non-hydrogen) atoms. The Balaban J connectivity index is 0.00000220. The second kappa shape index (κ2) is 8.56. The van der Waals surface area contributed by atoms with Crippen LogP contribution in [0, 0.1) is 11.8 Å². The Labute approximate surface area is 132 Å². The van der Waals surface area contributed by atoms with Crippen LogP contribution in [0.15, 0.2) is 0 Å². The highest BCUT2D eigenvalue weighted by molar-refractivity contribution is 5.89. The van der Waals surface area contributed by atoms with E-state index < -0.39 is 0 Å². The van der Waals surface area contributed by atoms with Crippen molar-refractivity contribution < 1.29 is 14.3 Å². The maximum absolute atomic E-state index is 12.3. The second-order valence-corrected chi connectivity index (χ2v) is 5.78. The first-order valence-electron chi connectivity index (χ1n) is 7.42. The molecule has 2 amide bonds. The molecule has 0 aromatic carbocycles. The van der Waals surface area contributed by atoms with Crippen molar-refractivity contribution in [1.29, 1.82) is 0 Å². The molecule has 1 saturated carbocycles. The minimum atomic E-state index is -0.224. The zero-order chi connectivity index (χ0) is 14.5. The highest BCUT2D eigenvalue weighted by atomic mass is 35.5. The van der Waals surface area contributed by atoms with E-state index in [0.717, 1.165) is 19.3 Å². The number of carbonyl (C=O) groups is 2. The molecule has 3 N–H and O–H groups in total. The van der Waals surface area contributed by atoms with Gasteiger partial charge in [-0.05, 0) is 25.3 Å². The van der Waals surface area contributed by atoms with Gasteiger partial charge in [0, 0.05) is 32.7 Å². The van der Waals surface area contributed by atoms with E-state index in [2.05, 4.69) is 5.32 Å². The largest absolute Gasteiger partial charge is 0.383 e. The lowest BCUT2D eigenvalue weighted by atomic mass is 10.0. The van der Waals surface area contributed by atoms with E-state index >= 15 is 0 Å². The summed E-state index contributed by atoms with van der Waals surface area (Å²) in [5.74, 6) is 0.214. The summed E-state index contributed by atoms with van der Waals surface area (Å²) in [5.41, 5.74) is 5.72. The van der Waals surface area contributed by atoms with Crippen molar-refractivity contribution in [3.8, 4) is 0 Å². The molecule has 1 aliphatic carbocycles. The maximum Gasteiger partial charge on any atom is 0.225 e. The number of halogens is 1. The average molecular weight is 320 g/mol. The summed E-state index contributed by atoms with van der Waals surface area (Å²) in [6.45, 7) is 2.20. The topological polar surface area (TPSA) is 84.7 Å². The van der Waals surface area contributed by atoms with Gasteiger partial charge in [0.1, 0.15) is 0 Å². The van der Waals surface area contributed by atoms with Crippen molar-refractivity contribution in [3.63, 3.8) is 0 Å². The van der Waals surface area contributed by atoms with Crippen molar-refractivity contribution in [2.45, 2.75) is 31.7 Å². The Morgan fingerprint density at radius 2 is 2.24 bits per heavy atom. The predicted molar refractivity (Wildman–Crippen MR) is 82.1 cm³/mol. The number of methoxy groups -OCH3 is 1. The summed E-state index contributed by atoms with van der Waals surface area (Å²) in [6.07, 6.45) is 3.53. The first kappa shape index (κ1) is 18.2. The van der Waals surface area contributed by atoms with Crippen LogP contribution in [-0.4, -0.2) is 56.1 Å². The molecule has 2 rings (SSSR count). The molecular formula is C14H26ClN3O3. The summed E-state index contributed by atoms with van der Waals surface area (Å²) in [5, 5.41) is 3.09. The van der Waals surface area contributed by atoms with Gasteiger partial charge in [-0.25, -0.2) is 0 Å². The van der Waals surface area contributed by atoms with Crippen LogP contribution in [0.3, 0.4) is 0 Å². The zero-order valence-electron chi connectivity index (χ0n) is 12.5. The molecule has 0 bridgehead atoms. The van der Waals surface area contributed by atoms with Crippen molar-refractivity contribution in [3.05, 3.63) is 0 Å². The van der Waals surface area contributed by atoms with Crippen LogP contribution >= 0.6 is 12.4 Å². The zero-order valence-corrected chi connectivity index (χ0v) is 13.4.